The molecule has 3 rings (SSSR count). The number of carbonyl (C=O) groups is 1. The van der Waals surface area contributed by atoms with E-state index in [-0.39, 0.29) is 11.9 Å². The quantitative estimate of drug-likeness (QED) is 0.825. The van der Waals surface area contributed by atoms with Gasteiger partial charge in [-0.25, -0.2) is 0 Å². The third-order valence-corrected chi connectivity index (χ3v) is 4.85. The minimum atomic E-state index is -0.0546. The number of hydrogen-bond donors (Lipinski definition) is 1. The maximum atomic E-state index is 12.5. The van der Waals surface area contributed by atoms with Crippen LogP contribution in [0.1, 0.15) is 24.4 Å². The van der Waals surface area contributed by atoms with Crippen molar-refractivity contribution < 1.29 is 14.3 Å². The van der Waals surface area contributed by atoms with Crippen molar-refractivity contribution in [1.29, 1.82) is 0 Å². The molecule has 0 spiro atoms. The molecule has 0 radical (unpaired) electrons. The molecule has 1 aliphatic heterocycles. The number of methoxy groups -OCH3 is 2. The van der Waals surface area contributed by atoms with Crippen molar-refractivity contribution in [3.63, 3.8) is 0 Å². The fourth-order valence-electron chi connectivity index (χ4n) is 3.42. The average Bonchev–Trinajstić information content (AvgIpc) is 3.08. The zero-order valence-electron chi connectivity index (χ0n) is 15.0. The molecule has 1 fully saturated rings. The molecule has 0 saturated carbocycles. The number of likely N-dealkylation sites (tertiary alicyclic amines) is 1. The van der Waals surface area contributed by atoms with Crippen molar-refractivity contribution in [2.24, 2.45) is 0 Å². The number of amides is 1. The van der Waals surface area contributed by atoms with Crippen LogP contribution in [0.2, 0.25) is 5.02 Å². The standard InChI is InChI=1S/C20H23ClN2O3/c1-25-16-8-9-19(26-2)17(12-16)18-7-4-10-23(18)13-20(24)22-15-6-3-5-14(21)11-15/h3,5-6,8-9,11-12,18H,4,7,10,13H2,1-2H3,(H,22,24)/t18-/m1/s1. The average molecular weight is 375 g/mol. The first-order valence-electron chi connectivity index (χ1n) is 8.62. The van der Waals surface area contributed by atoms with Gasteiger partial charge in [-0.05, 0) is 55.8 Å². The van der Waals surface area contributed by atoms with E-state index >= 15 is 0 Å². The molecule has 2 aromatic rings. The Hall–Kier alpha value is -2.24. The lowest BCUT2D eigenvalue weighted by Crippen LogP contribution is -2.33. The Bertz CT molecular complexity index is 781. The lowest BCUT2D eigenvalue weighted by Gasteiger charge is -2.26. The number of benzene rings is 2. The minimum absolute atomic E-state index is 0.0546. The van der Waals surface area contributed by atoms with Crippen LogP contribution in [0, 0.1) is 0 Å². The van der Waals surface area contributed by atoms with Crippen molar-refractivity contribution in [3.05, 3.63) is 53.1 Å². The Morgan fingerprint density at radius 3 is 2.81 bits per heavy atom. The maximum absolute atomic E-state index is 12.5. The largest absolute Gasteiger partial charge is 0.497 e. The van der Waals surface area contributed by atoms with Gasteiger partial charge in [0.05, 0.1) is 20.8 Å². The number of hydrogen-bond acceptors (Lipinski definition) is 4. The Balaban J connectivity index is 1.73. The van der Waals surface area contributed by atoms with Crippen molar-refractivity contribution >= 4 is 23.2 Å². The monoisotopic (exact) mass is 374 g/mol. The number of nitrogens with zero attached hydrogens (tertiary/aromatic N) is 1. The number of anilines is 1. The molecule has 1 saturated heterocycles. The molecule has 1 aliphatic rings. The third-order valence-electron chi connectivity index (χ3n) is 4.61. The molecule has 138 valence electrons. The molecule has 1 N–H and O–H groups in total. The van der Waals surface area contributed by atoms with Crippen LogP contribution in [0.3, 0.4) is 0 Å². The Morgan fingerprint density at radius 2 is 2.08 bits per heavy atom. The van der Waals surface area contributed by atoms with Crippen LogP contribution in [0.15, 0.2) is 42.5 Å². The van der Waals surface area contributed by atoms with Gasteiger partial charge in [-0.2, -0.15) is 0 Å². The molecule has 1 amide bonds. The number of rotatable bonds is 6. The van der Waals surface area contributed by atoms with E-state index in [4.69, 9.17) is 21.1 Å². The third kappa shape index (κ3) is 4.29. The van der Waals surface area contributed by atoms with Crippen molar-refractivity contribution in [2.45, 2.75) is 18.9 Å². The van der Waals surface area contributed by atoms with Gasteiger partial charge >= 0.3 is 0 Å². The van der Waals surface area contributed by atoms with Crippen LogP contribution in [-0.2, 0) is 4.79 Å². The number of nitrogens with one attached hydrogen (secondary N) is 1. The second kappa shape index (κ2) is 8.43. The number of carbonyl (C=O) groups excluding carboxylic acids is 1. The van der Waals surface area contributed by atoms with Gasteiger partial charge in [0.25, 0.3) is 0 Å². The van der Waals surface area contributed by atoms with Crippen LogP contribution in [-0.4, -0.2) is 38.1 Å². The topological polar surface area (TPSA) is 50.8 Å². The van der Waals surface area contributed by atoms with Crippen LogP contribution >= 0.6 is 11.6 Å². The summed E-state index contributed by atoms with van der Waals surface area (Å²) in [6.07, 6.45) is 2.02. The molecule has 26 heavy (non-hydrogen) atoms. The van der Waals surface area contributed by atoms with Gasteiger partial charge in [-0.1, -0.05) is 17.7 Å². The first-order valence-corrected chi connectivity index (χ1v) is 9.00. The predicted octanol–water partition coefficient (Wildman–Crippen LogP) is 4.13. The van der Waals surface area contributed by atoms with Gasteiger partial charge in [-0.15, -0.1) is 0 Å². The minimum Gasteiger partial charge on any atom is -0.497 e. The molecule has 1 atom stereocenters. The molecule has 6 heteroatoms. The van der Waals surface area contributed by atoms with E-state index in [1.54, 1.807) is 26.4 Å². The van der Waals surface area contributed by atoms with Crippen molar-refractivity contribution in [3.8, 4) is 11.5 Å². The van der Waals surface area contributed by atoms with Crippen LogP contribution in [0.25, 0.3) is 0 Å². The van der Waals surface area contributed by atoms with Gasteiger partial charge < -0.3 is 14.8 Å². The van der Waals surface area contributed by atoms with E-state index < -0.39 is 0 Å². The Labute approximate surface area is 158 Å². The van der Waals surface area contributed by atoms with E-state index in [0.29, 0.717) is 17.3 Å². The predicted molar refractivity (Wildman–Crippen MR) is 103 cm³/mol. The SMILES string of the molecule is COc1ccc(OC)c([C@H]2CCCN2CC(=O)Nc2cccc(Cl)c2)c1. The summed E-state index contributed by atoms with van der Waals surface area (Å²) in [5.74, 6) is 1.55. The van der Waals surface area contributed by atoms with Crippen LogP contribution in [0.4, 0.5) is 5.69 Å². The normalized spacial score (nSPS) is 17.1. The van der Waals surface area contributed by atoms with E-state index in [9.17, 15) is 4.79 Å². The molecule has 5 nitrogen and oxygen atoms in total. The van der Waals surface area contributed by atoms with Crippen molar-refractivity contribution in [1.82, 2.24) is 4.90 Å². The van der Waals surface area contributed by atoms with E-state index in [1.807, 2.05) is 30.3 Å². The zero-order chi connectivity index (χ0) is 18.5. The fourth-order valence-corrected chi connectivity index (χ4v) is 3.61. The van der Waals surface area contributed by atoms with Crippen molar-refractivity contribution in [2.75, 3.05) is 32.6 Å². The maximum Gasteiger partial charge on any atom is 0.238 e. The highest BCUT2D eigenvalue weighted by Crippen LogP contribution is 2.38. The Morgan fingerprint density at radius 1 is 1.23 bits per heavy atom. The highest BCUT2D eigenvalue weighted by Gasteiger charge is 2.30. The van der Waals surface area contributed by atoms with Gasteiger partial charge in [0.15, 0.2) is 0 Å². The summed E-state index contributed by atoms with van der Waals surface area (Å²) in [5.41, 5.74) is 1.76. The number of halogens is 1. The highest BCUT2D eigenvalue weighted by atomic mass is 35.5. The second-order valence-electron chi connectivity index (χ2n) is 6.29. The van der Waals surface area contributed by atoms with E-state index in [0.717, 1.165) is 36.4 Å². The lowest BCUT2D eigenvalue weighted by atomic mass is 10.0. The lowest BCUT2D eigenvalue weighted by molar-refractivity contribution is -0.117. The summed E-state index contributed by atoms with van der Waals surface area (Å²) >= 11 is 5.98. The summed E-state index contributed by atoms with van der Waals surface area (Å²) in [7, 11) is 3.31. The molecular weight excluding hydrogens is 352 g/mol. The molecular formula is C20H23ClN2O3. The first kappa shape index (κ1) is 18.5. The Kier molecular flexibility index (Phi) is 6.01. The smallest absolute Gasteiger partial charge is 0.238 e. The van der Waals surface area contributed by atoms with Crippen LogP contribution in [0.5, 0.6) is 11.5 Å². The van der Waals surface area contributed by atoms with Gasteiger partial charge in [0.1, 0.15) is 11.5 Å². The summed E-state index contributed by atoms with van der Waals surface area (Å²) in [6, 6.07) is 13.1. The fraction of sp³-hybridized carbons (Fsp3) is 0.350. The first-order chi connectivity index (χ1) is 12.6. The molecule has 0 bridgehead atoms. The zero-order valence-corrected chi connectivity index (χ0v) is 15.8. The number of ether oxygens (including phenoxy) is 2. The summed E-state index contributed by atoms with van der Waals surface area (Å²) in [4.78, 5) is 14.7. The van der Waals surface area contributed by atoms with E-state index in [1.165, 1.54) is 0 Å². The highest BCUT2D eigenvalue weighted by molar-refractivity contribution is 6.30. The van der Waals surface area contributed by atoms with Crippen LogP contribution < -0.4 is 14.8 Å². The molecule has 2 aromatic carbocycles. The van der Waals surface area contributed by atoms with Gasteiger partial charge in [-0.3, -0.25) is 9.69 Å². The molecule has 0 aromatic heterocycles. The summed E-state index contributed by atoms with van der Waals surface area (Å²) in [5, 5.41) is 3.51. The molecule has 1 heterocycles. The molecule has 0 aliphatic carbocycles. The molecule has 0 unspecified atom stereocenters. The van der Waals surface area contributed by atoms with E-state index in [2.05, 4.69) is 10.2 Å². The summed E-state index contributed by atoms with van der Waals surface area (Å²) < 4.78 is 10.9. The summed E-state index contributed by atoms with van der Waals surface area (Å²) in [6.45, 7) is 1.19. The van der Waals surface area contributed by atoms with Gasteiger partial charge in [0, 0.05) is 22.3 Å². The second-order valence-corrected chi connectivity index (χ2v) is 6.73. The van der Waals surface area contributed by atoms with Gasteiger partial charge in [0.2, 0.25) is 5.91 Å².